The molecule has 98 valence electrons. The molecule has 0 radical (unpaired) electrons. The SMILES string of the molecule is Cc1ncsc1CNc1cc2[nH]c(=O)[nH]c2cc1Br. The average Bonchev–Trinajstić information content (AvgIpc) is 2.91. The lowest BCUT2D eigenvalue weighted by Crippen LogP contribution is -2.00. The second-order valence-electron chi connectivity index (χ2n) is 4.17. The maximum atomic E-state index is 11.2. The summed E-state index contributed by atoms with van der Waals surface area (Å²) in [7, 11) is 0. The van der Waals surface area contributed by atoms with Crippen LogP contribution in [0.1, 0.15) is 10.6 Å². The van der Waals surface area contributed by atoms with Gasteiger partial charge in [-0.05, 0) is 35.0 Å². The molecule has 0 spiro atoms. The van der Waals surface area contributed by atoms with E-state index >= 15 is 0 Å². The molecule has 3 rings (SSSR count). The minimum Gasteiger partial charge on any atom is -0.379 e. The number of aromatic amines is 2. The van der Waals surface area contributed by atoms with Crippen molar-refractivity contribution >= 4 is 44.0 Å². The van der Waals surface area contributed by atoms with Crippen LogP contribution in [-0.4, -0.2) is 15.0 Å². The first-order chi connectivity index (χ1) is 9.13. The Kier molecular flexibility index (Phi) is 3.16. The highest BCUT2D eigenvalue weighted by Crippen LogP contribution is 2.27. The lowest BCUT2D eigenvalue weighted by molar-refractivity contribution is 1.12. The summed E-state index contributed by atoms with van der Waals surface area (Å²) in [5.74, 6) is 0. The van der Waals surface area contributed by atoms with Crippen LogP contribution in [0.5, 0.6) is 0 Å². The molecule has 2 aromatic heterocycles. The van der Waals surface area contributed by atoms with Gasteiger partial charge >= 0.3 is 5.69 Å². The minimum absolute atomic E-state index is 0.197. The van der Waals surface area contributed by atoms with Crippen LogP contribution in [0.2, 0.25) is 0 Å². The predicted octanol–water partition coefficient (Wildman–Crippen LogP) is 3.00. The predicted molar refractivity (Wildman–Crippen MR) is 80.8 cm³/mol. The van der Waals surface area contributed by atoms with Crippen LogP contribution in [0, 0.1) is 6.92 Å². The third kappa shape index (κ3) is 2.43. The summed E-state index contributed by atoms with van der Waals surface area (Å²) in [5.41, 5.74) is 5.21. The van der Waals surface area contributed by atoms with Gasteiger partial charge in [0.1, 0.15) is 0 Å². The molecule has 0 amide bonds. The van der Waals surface area contributed by atoms with Crippen molar-refractivity contribution in [2.45, 2.75) is 13.5 Å². The highest BCUT2D eigenvalue weighted by Gasteiger charge is 2.07. The van der Waals surface area contributed by atoms with Gasteiger partial charge in [0.15, 0.2) is 0 Å². The Labute approximate surface area is 121 Å². The molecule has 0 unspecified atom stereocenters. The van der Waals surface area contributed by atoms with Crippen LogP contribution >= 0.6 is 27.3 Å². The van der Waals surface area contributed by atoms with Crippen LogP contribution in [0.25, 0.3) is 11.0 Å². The molecule has 0 saturated carbocycles. The molecule has 7 heteroatoms. The first-order valence-corrected chi connectivity index (χ1v) is 7.35. The molecule has 0 aliphatic heterocycles. The summed E-state index contributed by atoms with van der Waals surface area (Å²) in [6.45, 7) is 2.71. The number of thiazole rings is 1. The molecule has 3 N–H and O–H groups in total. The fourth-order valence-electron chi connectivity index (χ4n) is 1.86. The van der Waals surface area contributed by atoms with Crippen LogP contribution in [0.3, 0.4) is 0 Å². The zero-order valence-electron chi connectivity index (χ0n) is 10.1. The van der Waals surface area contributed by atoms with Crippen LogP contribution in [0.4, 0.5) is 5.69 Å². The number of hydrogen-bond donors (Lipinski definition) is 3. The first-order valence-electron chi connectivity index (χ1n) is 5.68. The monoisotopic (exact) mass is 338 g/mol. The molecule has 2 heterocycles. The molecule has 0 aliphatic carbocycles. The smallest absolute Gasteiger partial charge is 0.323 e. The van der Waals surface area contributed by atoms with E-state index in [1.165, 1.54) is 4.88 Å². The number of aryl methyl sites for hydroxylation is 1. The average molecular weight is 339 g/mol. The van der Waals surface area contributed by atoms with Gasteiger partial charge in [0.25, 0.3) is 0 Å². The van der Waals surface area contributed by atoms with Crippen LogP contribution < -0.4 is 11.0 Å². The first kappa shape index (κ1) is 12.4. The molecule has 1 aromatic carbocycles. The number of aromatic nitrogens is 3. The second kappa shape index (κ2) is 4.82. The number of nitrogens with zero attached hydrogens (tertiary/aromatic N) is 1. The summed E-state index contributed by atoms with van der Waals surface area (Å²) in [4.78, 5) is 22.1. The van der Waals surface area contributed by atoms with Crippen molar-refractivity contribution < 1.29 is 0 Å². The molecule has 19 heavy (non-hydrogen) atoms. The summed E-state index contributed by atoms with van der Waals surface area (Å²) in [6.07, 6.45) is 0. The van der Waals surface area contributed by atoms with Crippen molar-refractivity contribution in [2.24, 2.45) is 0 Å². The van der Waals surface area contributed by atoms with Gasteiger partial charge < -0.3 is 15.3 Å². The molecule has 0 fully saturated rings. The van der Waals surface area contributed by atoms with Gasteiger partial charge in [-0.3, -0.25) is 0 Å². The fourth-order valence-corrected chi connectivity index (χ4v) is 3.06. The number of hydrogen-bond acceptors (Lipinski definition) is 4. The van der Waals surface area contributed by atoms with Crippen molar-refractivity contribution in [3.63, 3.8) is 0 Å². The zero-order chi connectivity index (χ0) is 13.4. The third-order valence-electron chi connectivity index (χ3n) is 2.89. The summed E-state index contributed by atoms with van der Waals surface area (Å²) in [6, 6.07) is 3.79. The Hall–Kier alpha value is -1.60. The largest absolute Gasteiger partial charge is 0.379 e. The number of H-pyrrole nitrogens is 2. The number of nitrogens with one attached hydrogen (secondary N) is 3. The zero-order valence-corrected chi connectivity index (χ0v) is 12.5. The molecule has 0 saturated heterocycles. The molecular weight excluding hydrogens is 328 g/mol. The normalized spacial score (nSPS) is 11.1. The van der Waals surface area contributed by atoms with E-state index < -0.39 is 0 Å². The summed E-state index contributed by atoms with van der Waals surface area (Å²) in [5, 5.41) is 3.35. The molecule has 5 nitrogen and oxygen atoms in total. The number of fused-ring (bicyclic) bond motifs is 1. The summed E-state index contributed by atoms with van der Waals surface area (Å²) >= 11 is 5.13. The highest BCUT2D eigenvalue weighted by atomic mass is 79.9. The van der Waals surface area contributed by atoms with Gasteiger partial charge in [-0.2, -0.15) is 0 Å². The van der Waals surface area contributed by atoms with Crippen molar-refractivity contribution in [1.29, 1.82) is 0 Å². The van der Waals surface area contributed by atoms with E-state index in [1.54, 1.807) is 11.3 Å². The molecule has 0 aliphatic rings. The Bertz CT molecular complexity index is 788. The lowest BCUT2D eigenvalue weighted by atomic mass is 10.2. The standard InChI is InChI=1S/C12H11BrN4OS/c1-6-11(19-5-15-6)4-14-8-3-10-9(2-7(8)13)16-12(18)17-10/h2-3,5,14H,4H2,1H3,(H2,16,17,18). The van der Waals surface area contributed by atoms with Crippen molar-refractivity contribution in [3.05, 3.63) is 43.2 Å². The molecule has 3 aromatic rings. The lowest BCUT2D eigenvalue weighted by Gasteiger charge is -2.08. The van der Waals surface area contributed by atoms with E-state index in [-0.39, 0.29) is 5.69 Å². The van der Waals surface area contributed by atoms with Gasteiger partial charge in [-0.25, -0.2) is 9.78 Å². The van der Waals surface area contributed by atoms with E-state index in [1.807, 2.05) is 24.6 Å². The Morgan fingerprint density at radius 1 is 1.37 bits per heavy atom. The number of rotatable bonds is 3. The molecule has 0 atom stereocenters. The van der Waals surface area contributed by atoms with Gasteiger partial charge in [-0.1, -0.05) is 0 Å². The number of halogens is 1. The van der Waals surface area contributed by atoms with Crippen molar-refractivity contribution in [2.75, 3.05) is 5.32 Å². The van der Waals surface area contributed by atoms with Crippen molar-refractivity contribution in [1.82, 2.24) is 15.0 Å². The Morgan fingerprint density at radius 2 is 2.11 bits per heavy atom. The number of anilines is 1. The maximum absolute atomic E-state index is 11.2. The minimum atomic E-state index is -0.197. The topological polar surface area (TPSA) is 73.6 Å². The number of imidazole rings is 1. The van der Waals surface area contributed by atoms with Gasteiger partial charge in [0, 0.05) is 9.35 Å². The third-order valence-corrected chi connectivity index (χ3v) is 4.48. The van der Waals surface area contributed by atoms with E-state index in [4.69, 9.17) is 0 Å². The fraction of sp³-hybridized carbons (Fsp3) is 0.167. The van der Waals surface area contributed by atoms with E-state index in [2.05, 4.69) is 36.2 Å². The highest BCUT2D eigenvalue weighted by molar-refractivity contribution is 9.10. The number of benzene rings is 1. The maximum Gasteiger partial charge on any atom is 0.323 e. The van der Waals surface area contributed by atoms with Gasteiger partial charge in [0.05, 0.1) is 34.5 Å². The van der Waals surface area contributed by atoms with E-state index in [0.717, 1.165) is 33.4 Å². The molecule has 0 bridgehead atoms. The summed E-state index contributed by atoms with van der Waals surface area (Å²) < 4.78 is 0.914. The Morgan fingerprint density at radius 3 is 2.79 bits per heavy atom. The van der Waals surface area contributed by atoms with Gasteiger partial charge in [-0.15, -0.1) is 11.3 Å². The van der Waals surface area contributed by atoms with Crippen molar-refractivity contribution in [3.8, 4) is 0 Å². The second-order valence-corrected chi connectivity index (χ2v) is 5.96. The quantitative estimate of drug-likeness (QED) is 0.687. The van der Waals surface area contributed by atoms with Crippen LogP contribution in [0.15, 0.2) is 26.9 Å². The van der Waals surface area contributed by atoms with E-state index in [9.17, 15) is 4.79 Å². The molecular formula is C12H11BrN4OS. The van der Waals surface area contributed by atoms with Crippen LogP contribution in [-0.2, 0) is 6.54 Å². The van der Waals surface area contributed by atoms with Gasteiger partial charge in [0.2, 0.25) is 0 Å². The Balaban J connectivity index is 1.90. The van der Waals surface area contributed by atoms with E-state index in [0.29, 0.717) is 0 Å².